The highest BCUT2D eigenvalue weighted by molar-refractivity contribution is 6.06. The van der Waals surface area contributed by atoms with Gasteiger partial charge in [0, 0.05) is 36.3 Å². The zero-order chi connectivity index (χ0) is 24.9. The molecule has 4 rings (SSSR count). The number of carbonyl (C=O) groups excluding carboxylic acids is 3. The molecule has 3 aromatic rings. The predicted molar refractivity (Wildman–Crippen MR) is 134 cm³/mol. The maximum Gasteiger partial charge on any atom is 0.255 e. The van der Waals surface area contributed by atoms with Crippen LogP contribution < -0.4 is 25.0 Å². The quantitative estimate of drug-likeness (QED) is 0.535. The molecule has 1 atom stereocenters. The first-order valence-electron chi connectivity index (χ1n) is 11.2. The van der Waals surface area contributed by atoms with Crippen molar-refractivity contribution >= 4 is 34.8 Å². The number of carbonyl (C=O) groups is 3. The zero-order valence-corrected chi connectivity index (χ0v) is 19.8. The summed E-state index contributed by atoms with van der Waals surface area (Å²) in [5, 5.41) is 5.68. The van der Waals surface area contributed by atoms with Crippen LogP contribution >= 0.6 is 0 Å². The molecule has 0 aromatic heterocycles. The maximum absolute atomic E-state index is 13.1. The van der Waals surface area contributed by atoms with Crippen molar-refractivity contribution in [1.82, 2.24) is 0 Å². The molecule has 0 spiro atoms. The Kier molecular flexibility index (Phi) is 7.01. The average Bonchev–Trinajstić information content (AvgIpc) is 3.26. The third-order valence-electron chi connectivity index (χ3n) is 5.97. The van der Waals surface area contributed by atoms with Crippen LogP contribution in [0, 0.1) is 12.8 Å². The van der Waals surface area contributed by atoms with Gasteiger partial charge in [-0.1, -0.05) is 36.4 Å². The molecule has 1 saturated heterocycles. The lowest BCUT2D eigenvalue weighted by Gasteiger charge is -2.19. The fraction of sp³-hybridized carbons (Fsp3) is 0.222. The maximum atomic E-state index is 13.1. The Morgan fingerprint density at radius 2 is 1.49 bits per heavy atom. The number of rotatable bonds is 7. The first-order chi connectivity index (χ1) is 16.9. The second-order valence-corrected chi connectivity index (χ2v) is 8.25. The van der Waals surface area contributed by atoms with E-state index in [2.05, 4.69) is 10.6 Å². The van der Waals surface area contributed by atoms with E-state index in [1.54, 1.807) is 41.3 Å². The van der Waals surface area contributed by atoms with Crippen molar-refractivity contribution in [3.63, 3.8) is 0 Å². The van der Waals surface area contributed by atoms with Crippen molar-refractivity contribution in [2.45, 2.75) is 13.3 Å². The highest BCUT2D eigenvalue weighted by atomic mass is 16.5. The summed E-state index contributed by atoms with van der Waals surface area (Å²) in [5.41, 5.74) is 3.06. The van der Waals surface area contributed by atoms with Crippen LogP contribution in [0.1, 0.15) is 22.3 Å². The van der Waals surface area contributed by atoms with Crippen LogP contribution in [0.5, 0.6) is 11.5 Å². The molecule has 0 saturated carbocycles. The molecule has 1 heterocycles. The van der Waals surface area contributed by atoms with Crippen LogP contribution in [0.3, 0.4) is 0 Å². The van der Waals surface area contributed by atoms with Gasteiger partial charge in [0.2, 0.25) is 11.8 Å². The molecule has 180 valence electrons. The van der Waals surface area contributed by atoms with E-state index in [9.17, 15) is 14.4 Å². The fourth-order valence-electron chi connectivity index (χ4n) is 4.09. The minimum absolute atomic E-state index is 0.0945. The van der Waals surface area contributed by atoms with Crippen LogP contribution in [0.2, 0.25) is 0 Å². The summed E-state index contributed by atoms with van der Waals surface area (Å²) in [6.45, 7) is 2.23. The van der Waals surface area contributed by atoms with Crippen LogP contribution in [0.15, 0.2) is 66.7 Å². The van der Waals surface area contributed by atoms with E-state index in [0.717, 1.165) is 11.3 Å². The summed E-state index contributed by atoms with van der Waals surface area (Å²) in [6, 6.07) is 19.6. The predicted octanol–water partition coefficient (Wildman–Crippen LogP) is 4.26. The van der Waals surface area contributed by atoms with Gasteiger partial charge in [-0.25, -0.2) is 0 Å². The number of anilines is 3. The summed E-state index contributed by atoms with van der Waals surface area (Å²) in [6.07, 6.45) is 0.116. The van der Waals surface area contributed by atoms with Gasteiger partial charge in [0.1, 0.15) is 11.5 Å². The molecule has 3 aromatic carbocycles. The Bertz CT molecular complexity index is 1260. The lowest BCUT2D eigenvalue weighted by molar-refractivity contribution is -0.122. The summed E-state index contributed by atoms with van der Waals surface area (Å²) in [4.78, 5) is 40.0. The van der Waals surface area contributed by atoms with Gasteiger partial charge in [-0.2, -0.15) is 0 Å². The largest absolute Gasteiger partial charge is 0.494 e. The zero-order valence-electron chi connectivity index (χ0n) is 19.8. The molecule has 0 bridgehead atoms. The number of ether oxygens (including phenoxy) is 2. The Morgan fingerprint density at radius 1 is 0.886 bits per heavy atom. The van der Waals surface area contributed by atoms with Gasteiger partial charge in [0.05, 0.1) is 31.5 Å². The molecule has 8 heteroatoms. The van der Waals surface area contributed by atoms with E-state index in [-0.39, 0.29) is 24.1 Å². The van der Waals surface area contributed by atoms with Gasteiger partial charge in [0.15, 0.2) is 0 Å². The summed E-state index contributed by atoms with van der Waals surface area (Å²) in [7, 11) is 2.95. The molecule has 0 unspecified atom stereocenters. The Balaban J connectivity index is 1.52. The number of aryl methyl sites for hydroxylation is 1. The van der Waals surface area contributed by atoms with Gasteiger partial charge >= 0.3 is 0 Å². The smallest absolute Gasteiger partial charge is 0.255 e. The van der Waals surface area contributed by atoms with Crippen molar-refractivity contribution < 1.29 is 23.9 Å². The van der Waals surface area contributed by atoms with Crippen LogP contribution in [-0.2, 0) is 9.59 Å². The molecule has 1 aliphatic heterocycles. The number of nitrogens with one attached hydrogen (secondary N) is 2. The van der Waals surface area contributed by atoms with Crippen molar-refractivity contribution in [2.75, 3.05) is 36.3 Å². The normalized spacial score (nSPS) is 15.0. The molecular weight excluding hydrogens is 446 g/mol. The second-order valence-electron chi connectivity index (χ2n) is 8.25. The summed E-state index contributed by atoms with van der Waals surface area (Å²) >= 11 is 0. The van der Waals surface area contributed by atoms with Gasteiger partial charge < -0.3 is 25.0 Å². The van der Waals surface area contributed by atoms with Gasteiger partial charge in [0.25, 0.3) is 5.91 Å². The van der Waals surface area contributed by atoms with Crippen LogP contribution in [0.25, 0.3) is 0 Å². The monoisotopic (exact) mass is 473 g/mol. The first-order valence-corrected chi connectivity index (χ1v) is 11.2. The Labute approximate surface area is 203 Å². The van der Waals surface area contributed by atoms with E-state index in [1.807, 2.05) is 37.3 Å². The minimum Gasteiger partial charge on any atom is -0.494 e. The Hall–Kier alpha value is -4.33. The van der Waals surface area contributed by atoms with Crippen molar-refractivity contribution in [2.24, 2.45) is 5.92 Å². The topological polar surface area (TPSA) is 97.0 Å². The van der Waals surface area contributed by atoms with Crippen molar-refractivity contribution in [1.29, 1.82) is 0 Å². The molecular formula is C27H27N3O5. The van der Waals surface area contributed by atoms with E-state index >= 15 is 0 Å². The average molecular weight is 474 g/mol. The lowest BCUT2D eigenvalue weighted by Crippen LogP contribution is -2.28. The number of nitrogens with zero attached hydrogens (tertiary/aromatic N) is 1. The Morgan fingerprint density at radius 3 is 2.11 bits per heavy atom. The third-order valence-corrected chi connectivity index (χ3v) is 5.97. The number of methoxy groups -OCH3 is 2. The van der Waals surface area contributed by atoms with E-state index < -0.39 is 5.92 Å². The van der Waals surface area contributed by atoms with E-state index in [1.165, 1.54) is 14.2 Å². The van der Waals surface area contributed by atoms with Crippen molar-refractivity contribution in [3.05, 3.63) is 77.9 Å². The molecule has 1 aliphatic rings. The highest BCUT2D eigenvalue weighted by Gasteiger charge is 2.36. The van der Waals surface area contributed by atoms with Crippen LogP contribution in [-0.4, -0.2) is 38.5 Å². The number of benzene rings is 3. The number of para-hydroxylation sites is 1. The fourth-order valence-corrected chi connectivity index (χ4v) is 4.09. The number of hydrogen-bond donors (Lipinski definition) is 2. The highest BCUT2D eigenvalue weighted by Crippen LogP contribution is 2.37. The van der Waals surface area contributed by atoms with Gasteiger partial charge in [-0.05, 0) is 30.7 Å². The SMILES string of the molecule is COc1cc(NC(=O)[C@H]2CC(=O)N(c3ccccc3C)C2)c(OC)cc1NC(=O)c1ccccc1. The van der Waals surface area contributed by atoms with E-state index in [0.29, 0.717) is 35.0 Å². The molecule has 8 nitrogen and oxygen atoms in total. The summed E-state index contributed by atoms with van der Waals surface area (Å²) in [5.74, 6) is -0.505. The van der Waals surface area contributed by atoms with E-state index in [4.69, 9.17) is 9.47 Å². The summed E-state index contributed by atoms with van der Waals surface area (Å²) < 4.78 is 10.9. The second kappa shape index (κ2) is 10.3. The molecule has 0 radical (unpaired) electrons. The van der Waals surface area contributed by atoms with Crippen molar-refractivity contribution in [3.8, 4) is 11.5 Å². The third kappa shape index (κ3) is 5.11. The number of hydrogen-bond acceptors (Lipinski definition) is 5. The molecule has 2 N–H and O–H groups in total. The molecule has 0 aliphatic carbocycles. The van der Waals surface area contributed by atoms with Gasteiger partial charge in [-0.15, -0.1) is 0 Å². The van der Waals surface area contributed by atoms with Crippen LogP contribution in [0.4, 0.5) is 17.1 Å². The molecule has 35 heavy (non-hydrogen) atoms. The van der Waals surface area contributed by atoms with Gasteiger partial charge in [-0.3, -0.25) is 14.4 Å². The first kappa shape index (κ1) is 23.8. The standard InChI is InChI=1S/C27H27N3O5/c1-17-9-7-8-12-22(17)30-16-19(13-25(30)31)27(33)29-21-15-23(34-2)20(14-24(21)35-3)28-26(32)18-10-5-4-6-11-18/h4-12,14-15,19H,13,16H2,1-3H3,(H,28,32)(H,29,33)/t19-/m0/s1. The lowest BCUT2D eigenvalue weighted by atomic mass is 10.1. The molecule has 1 fully saturated rings. The number of amides is 3. The molecule has 3 amide bonds. The minimum atomic E-state index is -0.518.